The molecule has 5 heteroatoms. The number of nitrogens with zero attached hydrogens (tertiary/aromatic N) is 1. The Balaban J connectivity index is 1.81. The van der Waals surface area contributed by atoms with Crippen molar-refractivity contribution in [2.45, 2.75) is 28.8 Å². The van der Waals surface area contributed by atoms with Gasteiger partial charge in [-0.25, -0.2) is 4.98 Å². The Morgan fingerprint density at radius 1 is 1.25 bits per heavy atom. The quantitative estimate of drug-likeness (QED) is 0.934. The van der Waals surface area contributed by atoms with Gasteiger partial charge in [0.1, 0.15) is 5.03 Å². The lowest BCUT2D eigenvalue weighted by atomic mass is 10.2. The highest BCUT2D eigenvalue weighted by Gasteiger charge is 2.25. The number of rotatable bonds is 4. The van der Waals surface area contributed by atoms with E-state index in [9.17, 15) is 4.79 Å². The van der Waals surface area contributed by atoms with E-state index in [1.807, 2.05) is 30.3 Å². The first-order valence-corrected chi connectivity index (χ1v) is 7.61. The molecule has 0 atom stereocenters. The molecule has 1 aliphatic rings. The second-order valence-electron chi connectivity index (χ2n) is 4.66. The summed E-state index contributed by atoms with van der Waals surface area (Å²) < 4.78 is 0. The van der Waals surface area contributed by atoms with Crippen molar-refractivity contribution in [2.24, 2.45) is 0 Å². The second-order valence-corrected chi connectivity index (χ2v) is 6.16. The first kappa shape index (κ1) is 13.5. The molecule has 1 aliphatic carbocycles. The predicted molar refractivity (Wildman–Crippen MR) is 80.3 cm³/mol. The molecule has 0 unspecified atom stereocenters. The maximum atomic E-state index is 12.2. The summed E-state index contributed by atoms with van der Waals surface area (Å²) in [6, 6.07) is 11.4. The summed E-state index contributed by atoms with van der Waals surface area (Å²) in [7, 11) is 0. The molecule has 0 bridgehead atoms. The number of carbonyl (C=O) groups is 1. The monoisotopic (exact) mass is 304 g/mol. The van der Waals surface area contributed by atoms with Crippen molar-refractivity contribution < 1.29 is 4.79 Å². The van der Waals surface area contributed by atoms with E-state index in [1.54, 1.807) is 12.3 Å². The molecule has 1 aromatic carbocycles. The van der Waals surface area contributed by atoms with E-state index in [4.69, 9.17) is 11.6 Å². The van der Waals surface area contributed by atoms with Crippen LogP contribution in [-0.2, 0) is 0 Å². The van der Waals surface area contributed by atoms with E-state index < -0.39 is 0 Å². The molecule has 1 fully saturated rings. The van der Waals surface area contributed by atoms with Crippen molar-refractivity contribution in [3.05, 3.63) is 53.2 Å². The molecule has 0 spiro atoms. The zero-order valence-electron chi connectivity index (χ0n) is 10.7. The number of halogens is 1. The van der Waals surface area contributed by atoms with Gasteiger partial charge in [-0.3, -0.25) is 4.79 Å². The fraction of sp³-hybridized carbons (Fsp3) is 0.200. The Hall–Kier alpha value is -1.52. The molecule has 3 nitrogen and oxygen atoms in total. The predicted octanol–water partition coefficient (Wildman–Crippen LogP) is 3.78. The van der Waals surface area contributed by atoms with Crippen molar-refractivity contribution in [1.29, 1.82) is 0 Å². The van der Waals surface area contributed by atoms with Crippen LogP contribution in [0.4, 0.5) is 0 Å². The summed E-state index contributed by atoms with van der Waals surface area (Å²) in [6.07, 6.45) is 3.85. The summed E-state index contributed by atoms with van der Waals surface area (Å²) >= 11 is 7.34. The van der Waals surface area contributed by atoms with Gasteiger partial charge < -0.3 is 5.32 Å². The highest BCUT2D eigenvalue weighted by Crippen LogP contribution is 2.30. The molecule has 1 N–H and O–H groups in total. The van der Waals surface area contributed by atoms with Gasteiger partial charge in [0.2, 0.25) is 0 Å². The lowest BCUT2D eigenvalue weighted by molar-refractivity contribution is 0.0947. The Labute approximate surface area is 126 Å². The van der Waals surface area contributed by atoms with Crippen LogP contribution < -0.4 is 5.32 Å². The average molecular weight is 305 g/mol. The van der Waals surface area contributed by atoms with E-state index in [0.29, 0.717) is 21.7 Å². The fourth-order valence-electron chi connectivity index (χ4n) is 1.75. The molecule has 3 rings (SSSR count). The van der Waals surface area contributed by atoms with E-state index in [-0.39, 0.29) is 5.91 Å². The number of nitrogens with one attached hydrogen (secondary N) is 1. The van der Waals surface area contributed by atoms with E-state index in [2.05, 4.69) is 10.3 Å². The molecule has 1 saturated carbocycles. The van der Waals surface area contributed by atoms with Crippen molar-refractivity contribution in [3.63, 3.8) is 0 Å². The Morgan fingerprint density at radius 3 is 2.70 bits per heavy atom. The highest BCUT2D eigenvalue weighted by atomic mass is 35.5. The van der Waals surface area contributed by atoms with Crippen LogP contribution >= 0.6 is 23.4 Å². The first-order valence-electron chi connectivity index (χ1n) is 6.42. The number of hydrogen-bond donors (Lipinski definition) is 1. The van der Waals surface area contributed by atoms with Crippen LogP contribution in [-0.4, -0.2) is 16.9 Å². The van der Waals surface area contributed by atoms with E-state index in [1.165, 1.54) is 11.8 Å². The zero-order chi connectivity index (χ0) is 13.9. The Bertz CT molecular complexity index is 626. The van der Waals surface area contributed by atoms with Crippen molar-refractivity contribution in [2.75, 3.05) is 0 Å². The third-order valence-electron chi connectivity index (χ3n) is 2.96. The summed E-state index contributed by atoms with van der Waals surface area (Å²) in [4.78, 5) is 17.5. The number of carbonyl (C=O) groups excluding carboxylic acids is 1. The number of benzene rings is 1. The summed E-state index contributed by atoms with van der Waals surface area (Å²) in [6.45, 7) is 0. The number of amides is 1. The molecule has 0 saturated heterocycles. The minimum atomic E-state index is -0.0444. The maximum absolute atomic E-state index is 12.2. The molecule has 1 heterocycles. The van der Waals surface area contributed by atoms with E-state index >= 15 is 0 Å². The van der Waals surface area contributed by atoms with Gasteiger partial charge in [-0.2, -0.15) is 0 Å². The van der Waals surface area contributed by atoms with Gasteiger partial charge >= 0.3 is 0 Å². The van der Waals surface area contributed by atoms with Crippen molar-refractivity contribution >= 4 is 29.3 Å². The van der Waals surface area contributed by atoms with Gasteiger partial charge in [0.05, 0.1) is 5.56 Å². The van der Waals surface area contributed by atoms with Gasteiger partial charge in [-0.15, -0.1) is 0 Å². The SMILES string of the molecule is O=C(NC1CC1)c1cccnc1Sc1ccc(Cl)cc1. The van der Waals surface area contributed by atoms with Crippen LogP contribution in [0.2, 0.25) is 5.02 Å². The van der Waals surface area contributed by atoms with Crippen LogP contribution in [0.5, 0.6) is 0 Å². The molecule has 1 amide bonds. The lowest BCUT2D eigenvalue weighted by Crippen LogP contribution is -2.26. The van der Waals surface area contributed by atoms with Crippen LogP contribution in [0.25, 0.3) is 0 Å². The third kappa shape index (κ3) is 3.32. The van der Waals surface area contributed by atoms with Crippen molar-refractivity contribution in [3.8, 4) is 0 Å². The van der Waals surface area contributed by atoms with Gasteiger partial charge in [0, 0.05) is 22.2 Å². The molecule has 0 aliphatic heterocycles. The number of pyridine rings is 1. The molecule has 102 valence electrons. The van der Waals surface area contributed by atoms with Crippen LogP contribution in [0, 0.1) is 0 Å². The van der Waals surface area contributed by atoms with Crippen molar-refractivity contribution in [1.82, 2.24) is 10.3 Å². The topological polar surface area (TPSA) is 42.0 Å². The zero-order valence-corrected chi connectivity index (χ0v) is 12.2. The normalized spacial score (nSPS) is 14.1. The standard InChI is InChI=1S/C15H13ClN2OS/c16-10-3-7-12(8-4-10)20-15-13(2-1-9-17-15)14(19)18-11-5-6-11/h1-4,7-9,11H,5-6H2,(H,18,19). The van der Waals surface area contributed by atoms with Crippen LogP contribution in [0.1, 0.15) is 23.2 Å². The van der Waals surface area contributed by atoms with Gasteiger partial charge in [-0.05, 0) is 49.2 Å². The Morgan fingerprint density at radius 2 is 2.00 bits per heavy atom. The minimum absolute atomic E-state index is 0.0444. The molecule has 2 aromatic rings. The molecule has 0 radical (unpaired) electrons. The first-order chi connectivity index (χ1) is 9.72. The largest absolute Gasteiger partial charge is 0.349 e. The highest BCUT2D eigenvalue weighted by molar-refractivity contribution is 7.99. The average Bonchev–Trinajstić information content (AvgIpc) is 3.26. The smallest absolute Gasteiger partial charge is 0.254 e. The van der Waals surface area contributed by atoms with Gasteiger partial charge in [-0.1, -0.05) is 23.4 Å². The van der Waals surface area contributed by atoms with Gasteiger partial charge in [0.15, 0.2) is 0 Å². The second kappa shape index (κ2) is 5.85. The Kier molecular flexibility index (Phi) is 3.94. The number of aromatic nitrogens is 1. The third-order valence-corrected chi connectivity index (χ3v) is 4.24. The summed E-state index contributed by atoms with van der Waals surface area (Å²) in [5, 5.41) is 4.40. The van der Waals surface area contributed by atoms with Gasteiger partial charge in [0.25, 0.3) is 5.91 Å². The molecular formula is C15H13ClN2OS. The minimum Gasteiger partial charge on any atom is -0.349 e. The maximum Gasteiger partial charge on any atom is 0.254 e. The summed E-state index contributed by atoms with van der Waals surface area (Å²) in [5.74, 6) is -0.0444. The fourth-order valence-corrected chi connectivity index (χ4v) is 2.76. The lowest BCUT2D eigenvalue weighted by Gasteiger charge is -2.08. The molecule has 1 aromatic heterocycles. The van der Waals surface area contributed by atoms with Crippen LogP contribution in [0.3, 0.4) is 0 Å². The molecular weight excluding hydrogens is 292 g/mol. The molecule has 20 heavy (non-hydrogen) atoms. The number of hydrogen-bond acceptors (Lipinski definition) is 3. The summed E-state index contributed by atoms with van der Waals surface area (Å²) in [5.41, 5.74) is 0.624. The van der Waals surface area contributed by atoms with E-state index in [0.717, 1.165) is 17.7 Å². The van der Waals surface area contributed by atoms with Crippen LogP contribution in [0.15, 0.2) is 52.5 Å².